The molecule has 0 rings (SSSR count). The van der Waals surface area contributed by atoms with Gasteiger partial charge >= 0.3 is 59.5 Å². The zero-order chi connectivity index (χ0) is 27.0. The Morgan fingerprint density at radius 2 is 0.406 bits per heavy atom. The van der Waals surface area contributed by atoms with Crippen LogP contribution in [0.25, 0.3) is 0 Å². The Morgan fingerprint density at radius 3 is 0.562 bits per heavy atom. The molecule has 0 fully saturated rings. The minimum atomic E-state index is -9.11. The molecule has 0 spiro atoms. The van der Waals surface area contributed by atoms with E-state index < -0.39 is 59.5 Å². The van der Waals surface area contributed by atoms with Crippen LogP contribution in [0.1, 0.15) is 0 Å². The van der Waals surface area contributed by atoms with Crippen LogP contribution in [0.3, 0.4) is 0 Å². The number of hydrogen-bond donors (Lipinski definition) is 3. The summed E-state index contributed by atoms with van der Waals surface area (Å²) in [6.07, 6.45) is -7.49. The molecule has 0 amide bonds. The van der Waals surface area contributed by atoms with E-state index in [1.54, 1.807) is 0 Å². The van der Waals surface area contributed by atoms with E-state index >= 15 is 0 Å². The van der Waals surface area contributed by atoms with E-state index in [-0.39, 0.29) is 0 Å². The molecule has 0 unspecified atom stereocenters. The average molecular weight is 532 g/mol. The third-order valence-electron chi connectivity index (χ3n) is 3.54. The Hall–Kier alpha value is -1.45. The predicted molar refractivity (Wildman–Crippen MR) is 55.0 cm³/mol. The van der Waals surface area contributed by atoms with Crippen molar-refractivity contribution in [2.24, 2.45) is 0 Å². The van der Waals surface area contributed by atoms with E-state index in [0.29, 0.717) is 0 Å². The Morgan fingerprint density at radius 1 is 0.250 bits per heavy atom. The van der Waals surface area contributed by atoms with Crippen molar-refractivity contribution in [1.82, 2.24) is 0 Å². The fourth-order valence-corrected chi connectivity index (χ4v) is 1.57. The largest absolute Gasteiger partial charge is 0.423 e. The Balaban J connectivity index is 7.00. The van der Waals surface area contributed by atoms with Crippen LogP contribution in [0, 0.1) is 0 Å². The van der Waals surface area contributed by atoms with E-state index in [1.807, 2.05) is 0 Å². The van der Waals surface area contributed by atoms with Crippen LogP contribution in [-0.2, 0) is 0 Å². The van der Waals surface area contributed by atoms with Gasteiger partial charge < -0.3 is 15.3 Å². The number of alkyl halides is 19. The molecule has 0 saturated carbocycles. The van der Waals surface area contributed by atoms with Crippen molar-refractivity contribution in [3.63, 3.8) is 0 Å². The van der Waals surface area contributed by atoms with Gasteiger partial charge in [-0.1, -0.05) is 0 Å². The highest BCUT2D eigenvalue weighted by Gasteiger charge is 2.97. The third-order valence-corrected chi connectivity index (χ3v) is 3.54. The summed E-state index contributed by atoms with van der Waals surface area (Å²) in [5, 5.41) is 22.6. The SMILES string of the molecule is OC(O)(F)C(F)(F)C(F)(F)C(F)(F)C(F)(F)C(F)(F)C(F)(F)C(F)(F)C(F)(F)C(O)(F)F. The molecule has 194 valence electrons. The molecule has 0 aliphatic carbocycles. The molecule has 0 saturated heterocycles. The molecule has 32 heavy (non-hydrogen) atoms. The first-order valence-corrected chi connectivity index (χ1v) is 6.51. The van der Waals surface area contributed by atoms with Gasteiger partial charge in [0.1, 0.15) is 0 Å². The maximum atomic E-state index is 13.2. The van der Waals surface area contributed by atoms with Gasteiger partial charge in [-0.15, -0.1) is 0 Å². The highest BCUT2D eigenvalue weighted by atomic mass is 19.4. The van der Waals surface area contributed by atoms with E-state index in [0.717, 1.165) is 0 Å². The van der Waals surface area contributed by atoms with Crippen molar-refractivity contribution in [3.8, 4) is 0 Å². The zero-order valence-corrected chi connectivity index (χ0v) is 13.5. The second-order valence-electron chi connectivity index (χ2n) is 5.72. The van der Waals surface area contributed by atoms with Crippen LogP contribution < -0.4 is 0 Å². The summed E-state index contributed by atoms with van der Waals surface area (Å²) in [5.41, 5.74) is 0. The molecule has 0 aromatic rings. The van der Waals surface area contributed by atoms with Crippen molar-refractivity contribution in [3.05, 3.63) is 0 Å². The molecule has 3 nitrogen and oxygen atoms in total. The molecule has 22 heteroatoms. The molecular weight excluding hydrogens is 529 g/mol. The zero-order valence-electron chi connectivity index (χ0n) is 13.5. The lowest BCUT2D eigenvalue weighted by molar-refractivity contribution is -0.491. The Bertz CT molecular complexity index is 639. The minimum absolute atomic E-state index is 7.01. The second kappa shape index (κ2) is 7.03. The van der Waals surface area contributed by atoms with Gasteiger partial charge in [0.05, 0.1) is 0 Å². The van der Waals surface area contributed by atoms with Crippen LogP contribution in [-0.4, -0.2) is 74.8 Å². The molecule has 0 aliphatic rings. The first-order chi connectivity index (χ1) is 13.2. The average Bonchev–Trinajstić information content (AvgIpc) is 2.51. The van der Waals surface area contributed by atoms with Gasteiger partial charge in [-0.25, -0.2) is 0 Å². The van der Waals surface area contributed by atoms with E-state index in [9.17, 15) is 83.4 Å². The van der Waals surface area contributed by atoms with Crippen LogP contribution in [0.5, 0.6) is 0 Å². The van der Waals surface area contributed by atoms with Gasteiger partial charge in [0, 0.05) is 0 Å². The topological polar surface area (TPSA) is 60.7 Å². The lowest BCUT2D eigenvalue weighted by atomic mass is 9.87. The Labute approximate surface area is 160 Å². The van der Waals surface area contributed by atoms with Crippen molar-refractivity contribution < 1.29 is 98.7 Å². The van der Waals surface area contributed by atoms with Crippen molar-refractivity contribution >= 4 is 0 Å². The highest BCUT2D eigenvalue weighted by Crippen LogP contribution is 2.65. The number of rotatable bonds is 9. The van der Waals surface area contributed by atoms with Gasteiger partial charge in [0.2, 0.25) is 0 Å². The van der Waals surface area contributed by atoms with E-state index in [1.165, 1.54) is 0 Å². The van der Waals surface area contributed by atoms with Crippen molar-refractivity contribution in [1.29, 1.82) is 0 Å². The highest BCUT2D eigenvalue weighted by molar-refractivity contribution is 5.17. The molecule has 0 atom stereocenters. The van der Waals surface area contributed by atoms with Crippen LogP contribution >= 0.6 is 0 Å². The quantitative estimate of drug-likeness (QED) is 0.308. The number of aliphatic hydroxyl groups is 3. The summed E-state index contributed by atoms with van der Waals surface area (Å²) < 4.78 is 244. The second-order valence-corrected chi connectivity index (χ2v) is 5.72. The van der Waals surface area contributed by atoms with Gasteiger partial charge in [-0.3, -0.25) is 0 Å². The predicted octanol–water partition coefficient (Wildman–Crippen LogP) is 4.26. The fraction of sp³-hybridized carbons (Fsp3) is 1.00. The normalized spacial score (nSPS) is 17.1. The smallest absolute Gasteiger partial charge is 0.335 e. The first kappa shape index (κ1) is 30.6. The third kappa shape index (κ3) is 3.42. The van der Waals surface area contributed by atoms with E-state index in [4.69, 9.17) is 15.3 Å². The number of halogens is 19. The monoisotopic (exact) mass is 532 g/mol. The molecule has 0 aliphatic heterocycles. The molecule has 0 heterocycles. The molecule has 3 N–H and O–H groups in total. The summed E-state index contributed by atoms with van der Waals surface area (Å²) in [6.45, 7) is 0. The maximum absolute atomic E-state index is 13.2. The molecule has 0 aromatic carbocycles. The minimum Gasteiger partial charge on any atom is -0.335 e. The Kier molecular flexibility index (Phi) is 6.71. The molecular formula is C10H3F19O3. The van der Waals surface area contributed by atoms with Gasteiger partial charge in [0.25, 0.3) is 0 Å². The molecule has 0 bridgehead atoms. The van der Waals surface area contributed by atoms with Gasteiger partial charge in [-0.2, -0.15) is 83.4 Å². The van der Waals surface area contributed by atoms with Crippen molar-refractivity contribution in [2.45, 2.75) is 59.5 Å². The first-order valence-electron chi connectivity index (χ1n) is 6.51. The molecule has 0 radical (unpaired) electrons. The fourth-order valence-electron chi connectivity index (χ4n) is 1.57. The van der Waals surface area contributed by atoms with Gasteiger partial charge in [0.15, 0.2) is 0 Å². The van der Waals surface area contributed by atoms with E-state index in [2.05, 4.69) is 0 Å². The lowest BCUT2D eigenvalue weighted by Crippen LogP contribution is -2.77. The standard InChI is InChI=1S/C10H3F19O3/c11-1(12,3(15,16)5(19,20)7(23,24)9(27,28)30)2(13,14)4(17,18)6(21,22)8(25,26)10(29,31)32/h30-32H. The van der Waals surface area contributed by atoms with Crippen LogP contribution in [0.2, 0.25) is 0 Å². The lowest BCUT2D eigenvalue weighted by Gasteiger charge is -2.44. The molecule has 0 aromatic heterocycles. The summed E-state index contributed by atoms with van der Waals surface area (Å²) >= 11 is 0. The maximum Gasteiger partial charge on any atom is 0.423 e. The summed E-state index contributed by atoms with van der Waals surface area (Å²) in [5.74, 6) is -69.7. The van der Waals surface area contributed by atoms with Gasteiger partial charge in [-0.05, 0) is 0 Å². The van der Waals surface area contributed by atoms with Crippen molar-refractivity contribution in [2.75, 3.05) is 0 Å². The van der Waals surface area contributed by atoms with Crippen LogP contribution in [0.15, 0.2) is 0 Å². The summed E-state index contributed by atoms with van der Waals surface area (Å²) in [7, 11) is 0. The summed E-state index contributed by atoms with van der Waals surface area (Å²) in [4.78, 5) is 0. The van der Waals surface area contributed by atoms with Crippen LogP contribution in [0.4, 0.5) is 83.4 Å². The summed E-state index contributed by atoms with van der Waals surface area (Å²) in [6, 6.07) is -7.01. The number of hydrogen-bond acceptors (Lipinski definition) is 3.